The van der Waals surface area contributed by atoms with Crippen LogP contribution in [-0.2, 0) is 11.0 Å². The number of amides is 2. The van der Waals surface area contributed by atoms with Gasteiger partial charge in [-0.05, 0) is 31.2 Å². The third-order valence-corrected chi connectivity index (χ3v) is 5.78. The number of nitrogens with zero attached hydrogens (tertiary/aromatic N) is 1. The maximum atomic E-state index is 15.2. The Bertz CT molecular complexity index is 1230. The lowest BCUT2D eigenvalue weighted by Crippen LogP contribution is -2.34. The summed E-state index contributed by atoms with van der Waals surface area (Å²) in [6.07, 6.45) is -8.22. The fourth-order valence-corrected chi connectivity index (χ4v) is 3.89. The number of allylic oxidation sites excluding steroid dienone is 1. The van der Waals surface area contributed by atoms with Crippen molar-refractivity contribution < 1.29 is 50.9 Å². The van der Waals surface area contributed by atoms with E-state index < -0.39 is 85.6 Å². The summed E-state index contributed by atoms with van der Waals surface area (Å²) in [5.41, 5.74) is -3.39. The van der Waals surface area contributed by atoms with Gasteiger partial charge in [0.1, 0.15) is 18.5 Å². The van der Waals surface area contributed by atoms with Crippen LogP contribution in [-0.4, -0.2) is 66.5 Å². The Labute approximate surface area is 219 Å². The van der Waals surface area contributed by atoms with Crippen molar-refractivity contribution in [1.29, 1.82) is 0 Å². The van der Waals surface area contributed by atoms with E-state index in [1.165, 1.54) is 24.3 Å². The van der Waals surface area contributed by atoms with Gasteiger partial charge >= 0.3 is 6.18 Å². The number of carbonyl (C=O) groups is 2. The first-order chi connectivity index (χ1) is 18.2. The number of fused-ring (bicyclic) bond motifs is 1. The Hall–Kier alpha value is -3.58. The van der Waals surface area contributed by atoms with Gasteiger partial charge in [0, 0.05) is 36.7 Å². The highest BCUT2D eigenvalue weighted by Crippen LogP contribution is 2.44. The van der Waals surface area contributed by atoms with Crippen molar-refractivity contribution in [2.45, 2.75) is 37.7 Å². The quantitative estimate of drug-likeness (QED) is 0.335. The highest BCUT2D eigenvalue weighted by molar-refractivity contribution is 6.10. The molecule has 0 radical (unpaired) electrons. The molecule has 212 valence electrons. The highest BCUT2D eigenvalue weighted by atomic mass is 19.4. The van der Waals surface area contributed by atoms with E-state index in [4.69, 9.17) is 9.84 Å². The zero-order valence-corrected chi connectivity index (χ0v) is 20.6. The molecule has 3 N–H and O–H groups in total. The molecule has 0 saturated heterocycles. The molecular formula is C26H26F6N2O5. The second-order valence-corrected chi connectivity index (χ2v) is 8.86. The number of hydrogen-bond donors (Lipinski definition) is 3. The fraction of sp³-hybridized carbons (Fsp3) is 0.385. The van der Waals surface area contributed by atoms with Crippen molar-refractivity contribution in [1.82, 2.24) is 5.32 Å². The molecule has 0 unspecified atom stereocenters. The van der Waals surface area contributed by atoms with Gasteiger partial charge in [-0.25, -0.2) is 13.2 Å². The molecular weight excluding hydrogens is 534 g/mol. The van der Waals surface area contributed by atoms with E-state index in [2.05, 4.69) is 5.32 Å². The topological polar surface area (TPSA) is 99.1 Å². The van der Waals surface area contributed by atoms with E-state index in [1.807, 2.05) is 0 Å². The molecule has 0 spiro atoms. The average Bonchev–Trinajstić information content (AvgIpc) is 2.98. The summed E-state index contributed by atoms with van der Waals surface area (Å²) in [5.74, 6) is -6.21. The van der Waals surface area contributed by atoms with Gasteiger partial charge in [0.05, 0.1) is 29.5 Å². The molecule has 1 aliphatic heterocycles. The molecule has 2 aromatic rings. The fourth-order valence-electron chi connectivity index (χ4n) is 3.89. The lowest BCUT2D eigenvalue weighted by molar-refractivity contribution is -0.138. The normalized spacial score (nSPS) is 17.7. The van der Waals surface area contributed by atoms with E-state index in [-0.39, 0.29) is 17.0 Å². The summed E-state index contributed by atoms with van der Waals surface area (Å²) >= 11 is 0. The average molecular weight is 560 g/mol. The van der Waals surface area contributed by atoms with E-state index in [0.717, 1.165) is 24.0 Å². The van der Waals surface area contributed by atoms with Gasteiger partial charge in [-0.2, -0.15) is 13.2 Å². The molecule has 13 heteroatoms. The van der Waals surface area contributed by atoms with Crippen LogP contribution in [0.1, 0.15) is 34.8 Å². The Morgan fingerprint density at radius 1 is 1.21 bits per heavy atom. The van der Waals surface area contributed by atoms with Crippen LogP contribution < -0.4 is 15.0 Å². The minimum absolute atomic E-state index is 0.145. The Morgan fingerprint density at radius 3 is 2.54 bits per heavy atom. The minimum atomic E-state index is -5.02. The zero-order valence-electron chi connectivity index (χ0n) is 20.6. The zero-order chi connectivity index (χ0) is 29.0. The van der Waals surface area contributed by atoms with Gasteiger partial charge in [0.25, 0.3) is 11.8 Å². The molecule has 7 nitrogen and oxygen atoms in total. The largest absolute Gasteiger partial charge is 0.491 e. The van der Waals surface area contributed by atoms with E-state index >= 15 is 8.78 Å². The number of hydrogen-bond acceptors (Lipinski definition) is 5. The third-order valence-electron chi connectivity index (χ3n) is 5.78. The van der Waals surface area contributed by atoms with Gasteiger partial charge in [0.2, 0.25) is 5.91 Å². The van der Waals surface area contributed by atoms with E-state index in [9.17, 15) is 32.3 Å². The number of para-hydroxylation sites is 1. The van der Waals surface area contributed by atoms with Crippen LogP contribution in [0, 0.1) is 0 Å². The molecule has 2 atom stereocenters. The third kappa shape index (κ3) is 7.30. The van der Waals surface area contributed by atoms with Crippen LogP contribution in [0.15, 0.2) is 48.5 Å². The molecule has 2 aromatic carbocycles. The number of rotatable bonds is 8. The first-order valence-electron chi connectivity index (χ1n) is 11.8. The number of carbonyl (C=O) groups excluding carboxylic acids is 2. The van der Waals surface area contributed by atoms with Crippen molar-refractivity contribution in [3.8, 4) is 5.75 Å². The summed E-state index contributed by atoms with van der Waals surface area (Å²) in [5, 5.41) is 20.4. The number of nitrogens with one attached hydrogen (secondary N) is 1. The number of aliphatic hydroxyl groups excluding tert-OH is 2. The van der Waals surface area contributed by atoms with Crippen LogP contribution in [0.5, 0.6) is 5.75 Å². The van der Waals surface area contributed by atoms with Crippen molar-refractivity contribution in [2.24, 2.45) is 0 Å². The van der Waals surface area contributed by atoms with Crippen LogP contribution in [0.2, 0.25) is 0 Å². The number of benzene rings is 2. The molecule has 0 saturated carbocycles. The Kier molecular flexibility index (Phi) is 9.28. The van der Waals surface area contributed by atoms with Gasteiger partial charge in [-0.3, -0.25) is 9.59 Å². The molecule has 1 aliphatic rings. The van der Waals surface area contributed by atoms with Gasteiger partial charge in [-0.1, -0.05) is 18.2 Å². The highest BCUT2D eigenvalue weighted by Gasteiger charge is 2.43. The van der Waals surface area contributed by atoms with Gasteiger partial charge in [-0.15, -0.1) is 0 Å². The number of aliphatic hydroxyl groups is 2. The second kappa shape index (κ2) is 12.1. The molecule has 0 aliphatic carbocycles. The summed E-state index contributed by atoms with van der Waals surface area (Å²) < 4.78 is 90.3. The Morgan fingerprint density at radius 2 is 1.90 bits per heavy atom. The molecule has 2 amide bonds. The monoisotopic (exact) mass is 560 g/mol. The van der Waals surface area contributed by atoms with Gasteiger partial charge in [0.15, 0.2) is 0 Å². The van der Waals surface area contributed by atoms with Crippen LogP contribution in [0.25, 0.3) is 5.57 Å². The summed E-state index contributed by atoms with van der Waals surface area (Å²) in [4.78, 5) is 26.5. The number of anilines is 1. The van der Waals surface area contributed by atoms with Crippen LogP contribution in [0.4, 0.5) is 32.0 Å². The summed E-state index contributed by atoms with van der Waals surface area (Å²) in [6.45, 7) is -1.13. The lowest BCUT2D eigenvalue weighted by atomic mass is 9.97. The van der Waals surface area contributed by atoms with E-state index in [0.29, 0.717) is 12.1 Å². The molecule has 0 bridgehead atoms. The number of alkyl halides is 6. The van der Waals surface area contributed by atoms with Crippen molar-refractivity contribution >= 4 is 23.1 Å². The molecule has 39 heavy (non-hydrogen) atoms. The maximum absolute atomic E-state index is 15.2. The molecule has 0 aromatic heterocycles. The predicted octanol–water partition coefficient (Wildman–Crippen LogP) is 3.98. The summed E-state index contributed by atoms with van der Waals surface area (Å²) in [7, 11) is 0. The number of halogens is 6. The number of ether oxygens (including phenoxy) is 1. The molecule has 1 heterocycles. The summed E-state index contributed by atoms with van der Waals surface area (Å²) in [6, 6.07) is 7.68. The van der Waals surface area contributed by atoms with Gasteiger partial charge < -0.3 is 25.2 Å². The first kappa shape index (κ1) is 30.0. The van der Waals surface area contributed by atoms with Crippen LogP contribution in [0.3, 0.4) is 0 Å². The standard InChI is InChI=1S/C26H26F6N2O5/c1-15(27)14-39-17-6-7-19(21(10-17)26(30,31)32)24(38)34-9-8-25(28,29)20(18-4-2-3-5-22(18)34)11-23(37)33-12-16(36)13-35/h2-7,10-11,15-16,35-36H,8-9,12-14H2,1H3,(H,33,37)/b20-11-/t15-,16+/m1/s1. The lowest BCUT2D eigenvalue weighted by Gasteiger charge is -2.24. The molecule has 0 fully saturated rings. The minimum Gasteiger partial charge on any atom is -0.491 e. The van der Waals surface area contributed by atoms with Crippen LogP contribution >= 0.6 is 0 Å². The second-order valence-electron chi connectivity index (χ2n) is 8.86. The van der Waals surface area contributed by atoms with Crippen molar-refractivity contribution in [3.63, 3.8) is 0 Å². The smallest absolute Gasteiger partial charge is 0.417 e. The van der Waals surface area contributed by atoms with Crippen molar-refractivity contribution in [3.05, 3.63) is 65.2 Å². The maximum Gasteiger partial charge on any atom is 0.417 e. The first-order valence-corrected chi connectivity index (χ1v) is 11.8. The Balaban J connectivity index is 2.04. The molecule has 3 rings (SSSR count). The van der Waals surface area contributed by atoms with E-state index in [1.54, 1.807) is 0 Å². The SMILES string of the molecule is C[C@@H](F)COc1ccc(C(=O)N2CCC(F)(F)/C(=C\C(=O)NC[C@H](O)CO)c3ccccc32)c(C(F)(F)F)c1. The predicted molar refractivity (Wildman–Crippen MR) is 129 cm³/mol. The van der Waals surface area contributed by atoms with Crippen molar-refractivity contribution in [2.75, 3.05) is 31.2 Å².